The van der Waals surface area contributed by atoms with Crippen LogP contribution in [0.2, 0.25) is 0 Å². The molecule has 1 aromatic carbocycles. The number of hydrogen-bond acceptors (Lipinski definition) is 6. The molecule has 1 aliphatic rings. The lowest BCUT2D eigenvalue weighted by atomic mass is 10.1. The molecule has 1 atom stereocenters. The second-order valence-electron chi connectivity index (χ2n) is 6.48. The average molecular weight is 422 g/mol. The molecule has 0 amide bonds. The molecule has 0 N–H and O–H groups in total. The van der Waals surface area contributed by atoms with E-state index in [1.807, 2.05) is 0 Å². The Balaban J connectivity index is 1.98. The quantitative estimate of drug-likeness (QED) is 0.223. The Kier molecular flexibility index (Phi) is 8.53. The van der Waals surface area contributed by atoms with Crippen molar-refractivity contribution in [3.05, 3.63) is 28.8 Å². The highest BCUT2D eigenvalue weighted by Gasteiger charge is 2.33. The summed E-state index contributed by atoms with van der Waals surface area (Å²) in [7, 11) is 0. The number of ether oxygens (including phenoxy) is 4. The summed E-state index contributed by atoms with van der Waals surface area (Å²) >= 11 is 0. The average Bonchev–Trinajstić information content (AvgIpc) is 3.12. The number of carbonyl (C=O) groups is 2. The molecule has 0 bridgehead atoms. The zero-order valence-corrected chi connectivity index (χ0v) is 15.9. The zero-order chi connectivity index (χ0) is 21.4. The van der Waals surface area contributed by atoms with Crippen molar-refractivity contribution < 1.29 is 46.1 Å². The molecule has 0 radical (unpaired) electrons. The minimum absolute atomic E-state index is 0.129. The Morgan fingerprint density at radius 1 is 1.00 bits per heavy atom. The highest BCUT2D eigenvalue weighted by Crippen LogP contribution is 2.31. The van der Waals surface area contributed by atoms with Gasteiger partial charge in [0.1, 0.15) is 18.8 Å². The van der Waals surface area contributed by atoms with Crippen LogP contribution in [0.15, 0.2) is 0 Å². The molecule has 1 saturated heterocycles. The normalized spacial score (nSPS) is 15.8. The van der Waals surface area contributed by atoms with Gasteiger partial charge in [-0.25, -0.2) is 18.4 Å². The molecule has 1 heterocycles. The van der Waals surface area contributed by atoms with Crippen LogP contribution in [0.3, 0.4) is 0 Å². The van der Waals surface area contributed by atoms with Gasteiger partial charge < -0.3 is 18.9 Å². The molecule has 2 rings (SSSR count). The number of carbonyl (C=O) groups excluding carboxylic acids is 2. The largest absolute Gasteiger partial charge is 0.508 e. The molecule has 0 saturated carbocycles. The molecule has 6 nitrogen and oxygen atoms in total. The molecule has 1 aromatic rings. The molecule has 1 fully saturated rings. The third-order valence-electron chi connectivity index (χ3n) is 4.22. The Hall–Kier alpha value is -2.52. The van der Waals surface area contributed by atoms with E-state index in [1.54, 1.807) is 0 Å². The van der Waals surface area contributed by atoms with E-state index in [-0.39, 0.29) is 13.2 Å². The highest BCUT2D eigenvalue weighted by molar-refractivity contribution is 5.90. The predicted molar refractivity (Wildman–Crippen MR) is 91.6 cm³/mol. The third-order valence-corrected chi connectivity index (χ3v) is 4.22. The van der Waals surface area contributed by atoms with Gasteiger partial charge in [0.15, 0.2) is 23.5 Å². The Labute approximate surface area is 165 Å². The fraction of sp³-hybridized carbons (Fsp3) is 0.579. The van der Waals surface area contributed by atoms with Crippen molar-refractivity contribution in [2.45, 2.75) is 51.6 Å². The van der Waals surface area contributed by atoms with E-state index in [0.717, 1.165) is 32.1 Å². The van der Waals surface area contributed by atoms with Gasteiger partial charge >= 0.3 is 12.1 Å². The fourth-order valence-corrected chi connectivity index (χ4v) is 2.66. The second-order valence-corrected chi connectivity index (χ2v) is 6.48. The van der Waals surface area contributed by atoms with Crippen molar-refractivity contribution in [2.75, 3.05) is 19.8 Å². The van der Waals surface area contributed by atoms with Crippen molar-refractivity contribution in [3.8, 4) is 5.75 Å². The summed E-state index contributed by atoms with van der Waals surface area (Å²) in [5.41, 5.74) is -1.53. The monoisotopic (exact) mass is 422 g/mol. The number of esters is 1. The molecule has 29 heavy (non-hydrogen) atoms. The van der Waals surface area contributed by atoms with Gasteiger partial charge in [0.25, 0.3) is 0 Å². The second kappa shape index (κ2) is 10.9. The number of hydrogen-bond donors (Lipinski definition) is 0. The number of halogens is 4. The number of cyclic esters (lactones) is 2. The number of unbranched alkanes of at least 4 members (excludes halogenated alkanes) is 5. The van der Waals surface area contributed by atoms with Gasteiger partial charge in [-0.1, -0.05) is 39.0 Å². The molecule has 162 valence electrons. The molecular weight excluding hydrogens is 400 g/mol. The Bertz CT molecular complexity index is 711. The van der Waals surface area contributed by atoms with E-state index >= 15 is 0 Å². The molecule has 0 aliphatic carbocycles. The lowest BCUT2D eigenvalue weighted by Crippen LogP contribution is -2.23. The standard InChI is InChI=1S/C19H22F4O6/c1-2-3-4-5-6-7-8-26-17-15(22)13(20)12(14(21)16(17)23)18(24)27-9-11-10-28-19(25)29-11/h11H,2-10H2,1H3. The molecule has 1 unspecified atom stereocenters. The van der Waals surface area contributed by atoms with Crippen LogP contribution in [0.5, 0.6) is 5.75 Å². The van der Waals surface area contributed by atoms with Crippen LogP contribution in [0.1, 0.15) is 55.8 Å². The molecule has 0 spiro atoms. The SMILES string of the molecule is CCCCCCCCOc1c(F)c(F)c(C(=O)OCC2COC(=O)O2)c(F)c1F. The van der Waals surface area contributed by atoms with Crippen molar-refractivity contribution in [3.63, 3.8) is 0 Å². The number of benzene rings is 1. The Morgan fingerprint density at radius 3 is 2.21 bits per heavy atom. The summed E-state index contributed by atoms with van der Waals surface area (Å²) in [6.07, 6.45) is 3.31. The van der Waals surface area contributed by atoms with Crippen molar-refractivity contribution in [1.29, 1.82) is 0 Å². The van der Waals surface area contributed by atoms with Crippen LogP contribution in [0, 0.1) is 23.3 Å². The maximum Gasteiger partial charge on any atom is 0.508 e. The first-order chi connectivity index (χ1) is 13.9. The van der Waals surface area contributed by atoms with E-state index in [2.05, 4.69) is 21.1 Å². The van der Waals surface area contributed by atoms with Crippen molar-refractivity contribution >= 4 is 12.1 Å². The summed E-state index contributed by atoms with van der Waals surface area (Å²) in [5.74, 6) is -10.4. The molecule has 10 heteroatoms. The zero-order valence-electron chi connectivity index (χ0n) is 15.9. The summed E-state index contributed by atoms with van der Waals surface area (Å²) in [6, 6.07) is 0. The Morgan fingerprint density at radius 2 is 1.62 bits per heavy atom. The van der Waals surface area contributed by atoms with E-state index in [1.165, 1.54) is 0 Å². The maximum atomic E-state index is 14.2. The smallest absolute Gasteiger partial charge is 0.487 e. The van der Waals surface area contributed by atoms with E-state index in [0.29, 0.717) is 6.42 Å². The van der Waals surface area contributed by atoms with Crippen LogP contribution in [0.4, 0.5) is 22.4 Å². The van der Waals surface area contributed by atoms with E-state index in [9.17, 15) is 27.2 Å². The molecule has 0 aromatic heterocycles. The van der Waals surface area contributed by atoms with Gasteiger partial charge in [0.05, 0.1) is 6.61 Å². The first-order valence-corrected chi connectivity index (χ1v) is 9.36. The van der Waals surface area contributed by atoms with Crippen LogP contribution in [0.25, 0.3) is 0 Å². The van der Waals surface area contributed by atoms with Crippen LogP contribution < -0.4 is 4.74 Å². The number of rotatable bonds is 11. The van der Waals surface area contributed by atoms with Crippen LogP contribution in [-0.4, -0.2) is 38.0 Å². The van der Waals surface area contributed by atoms with E-state index < -0.39 is 59.4 Å². The third kappa shape index (κ3) is 5.98. The van der Waals surface area contributed by atoms with E-state index in [4.69, 9.17) is 4.74 Å². The minimum Gasteiger partial charge on any atom is -0.487 e. The maximum absolute atomic E-state index is 14.2. The minimum atomic E-state index is -1.92. The van der Waals surface area contributed by atoms with Gasteiger partial charge in [-0.05, 0) is 6.42 Å². The van der Waals surface area contributed by atoms with Crippen LogP contribution >= 0.6 is 0 Å². The summed E-state index contributed by atoms with van der Waals surface area (Å²) < 4.78 is 75.0. The fourth-order valence-electron chi connectivity index (χ4n) is 2.66. The van der Waals surface area contributed by atoms with Crippen LogP contribution in [-0.2, 0) is 14.2 Å². The summed E-state index contributed by atoms with van der Waals surface area (Å²) in [4.78, 5) is 22.6. The highest BCUT2D eigenvalue weighted by atomic mass is 19.2. The lowest BCUT2D eigenvalue weighted by molar-refractivity contribution is 0.0288. The topological polar surface area (TPSA) is 71.1 Å². The first-order valence-electron chi connectivity index (χ1n) is 9.36. The van der Waals surface area contributed by atoms with Gasteiger partial charge in [0.2, 0.25) is 11.6 Å². The van der Waals surface area contributed by atoms with Crippen molar-refractivity contribution in [2.24, 2.45) is 0 Å². The van der Waals surface area contributed by atoms with Gasteiger partial charge in [-0.3, -0.25) is 0 Å². The van der Waals surface area contributed by atoms with Gasteiger partial charge in [-0.15, -0.1) is 0 Å². The van der Waals surface area contributed by atoms with Gasteiger partial charge in [-0.2, -0.15) is 8.78 Å². The molecule has 1 aliphatic heterocycles. The predicted octanol–water partition coefficient (Wildman–Crippen LogP) is 4.67. The summed E-state index contributed by atoms with van der Waals surface area (Å²) in [6.45, 7) is 1.11. The molecular formula is C19H22F4O6. The first kappa shape index (κ1) is 22.8. The summed E-state index contributed by atoms with van der Waals surface area (Å²) in [5, 5.41) is 0. The van der Waals surface area contributed by atoms with Crippen molar-refractivity contribution in [1.82, 2.24) is 0 Å². The van der Waals surface area contributed by atoms with Gasteiger partial charge in [0, 0.05) is 0 Å². The lowest BCUT2D eigenvalue weighted by Gasteiger charge is -2.13.